The number of nitrogens with one attached hydrogen (secondary N) is 5. The number of hydrogen-bond donors (Lipinski definition) is 18. The van der Waals surface area contributed by atoms with Crippen molar-refractivity contribution < 1.29 is 152 Å². The Balaban J connectivity index is 1.07. The van der Waals surface area contributed by atoms with Crippen molar-refractivity contribution in [3.05, 3.63) is 42.0 Å². The van der Waals surface area contributed by atoms with Crippen molar-refractivity contribution in [1.82, 2.24) is 26.6 Å². The van der Waals surface area contributed by atoms with E-state index >= 15 is 0 Å². The molecule has 564 valence electrons. The van der Waals surface area contributed by atoms with Gasteiger partial charge in [0.25, 0.3) is 5.91 Å². The van der Waals surface area contributed by atoms with E-state index in [2.05, 4.69) is 45.7 Å². The fourth-order valence-electron chi connectivity index (χ4n) is 12.7. The molecule has 36 heteroatoms. The molecule has 0 spiro atoms. The van der Waals surface area contributed by atoms with Crippen LogP contribution >= 0.6 is 0 Å². The molecule has 6 fully saturated rings. The molecule has 30 atom stereocenters. The molecule has 1 aromatic carbocycles. The summed E-state index contributed by atoms with van der Waals surface area (Å²) in [4.78, 5) is 65.1. The van der Waals surface area contributed by atoms with Crippen molar-refractivity contribution in [2.24, 2.45) is 0 Å². The van der Waals surface area contributed by atoms with Crippen LogP contribution in [0.4, 0.5) is 0 Å². The number of aliphatic hydroxyl groups excluding tert-OH is 13. The van der Waals surface area contributed by atoms with Crippen LogP contribution in [-0.2, 0) is 76.0 Å². The molecule has 1 aromatic rings. The first-order chi connectivity index (χ1) is 47.2. The molecule has 6 aliphatic rings. The summed E-state index contributed by atoms with van der Waals surface area (Å²) in [6.45, 7) is 3.52. The van der Waals surface area contributed by atoms with Crippen LogP contribution in [0.2, 0.25) is 0 Å². The molecule has 0 saturated carbocycles. The number of aliphatic hydroxyl groups is 13. The van der Waals surface area contributed by atoms with Gasteiger partial charge < -0.3 is 155 Å². The average Bonchev–Trinajstić information content (AvgIpc) is 0.771. The second kappa shape index (κ2) is 38.6. The highest BCUT2D eigenvalue weighted by atomic mass is 16.8. The molecular weight excluding hydrogens is 1320 g/mol. The number of carbonyl (C=O) groups excluding carboxylic acids is 5. The van der Waals surface area contributed by atoms with Crippen molar-refractivity contribution >= 4 is 29.5 Å². The van der Waals surface area contributed by atoms with Crippen LogP contribution in [-0.4, -0.2) is 327 Å². The van der Waals surface area contributed by atoms with Crippen LogP contribution < -0.4 is 31.3 Å². The Kier molecular flexibility index (Phi) is 31.7. The summed E-state index contributed by atoms with van der Waals surface area (Å²) in [5.74, 6) is -3.67. The summed E-state index contributed by atoms with van der Waals surface area (Å²) in [6, 6.07) is -2.45. The number of carbonyl (C=O) groups is 5. The van der Waals surface area contributed by atoms with Crippen LogP contribution in [0.15, 0.2) is 36.4 Å². The normalized spacial score (nSPS) is 39.6. The summed E-state index contributed by atoms with van der Waals surface area (Å²) < 4.78 is 77.9. The van der Waals surface area contributed by atoms with Crippen LogP contribution in [0.3, 0.4) is 0 Å². The van der Waals surface area contributed by atoms with Crippen molar-refractivity contribution in [3.8, 4) is 5.75 Å². The van der Waals surface area contributed by atoms with Crippen LogP contribution in [0.5, 0.6) is 5.75 Å². The van der Waals surface area contributed by atoms with E-state index in [1.54, 1.807) is 12.1 Å². The van der Waals surface area contributed by atoms with E-state index in [9.17, 15) is 90.4 Å². The molecule has 5 amide bonds. The molecule has 0 aliphatic carbocycles. The highest BCUT2D eigenvalue weighted by Crippen LogP contribution is 2.37. The molecule has 0 aromatic heterocycles. The van der Waals surface area contributed by atoms with E-state index < -0.39 is 246 Å². The van der Waals surface area contributed by atoms with E-state index in [-0.39, 0.29) is 5.56 Å². The minimum absolute atomic E-state index is 0.0482. The third-order valence-corrected chi connectivity index (χ3v) is 17.8. The number of allylic oxidation sites excluding steroid dienone is 2. The second-order valence-electron chi connectivity index (χ2n) is 25.3. The Hall–Kier alpha value is -4.89. The summed E-state index contributed by atoms with van der Waals surface area (Å²) in [5.41, 5.74) is 0.0482. The van der Waals surface area contributed by atoms with E-state index in [1.165, 1.54) is 39.0 Å². The number of methoxy groups -OCH3 is 1. The lowest BCUT2D eigenvalue weighted by atomic mass is 9.93. The molecule has 6 heterocycles. The van der Waals surface area contributed by atoms with Crippen molar-refractivity contribution in [2.45, 2.75) is 270 Å². The Morgan fingerprint density at radius 3 is 1.35 bits per heavy atom. The zero-order valence-electron chi connectivity index (χ0n) is 56.1. The van der Waals surface area contributed by atoms with E-state index in [1.807, 2.05) is 0 Å². The smallest absolute Gasteiger partial charge is 0.251 e. The lowest BCUT2D eigenvalue weighted by molar-refractivity contribution is -0.368. The molecule has 0 radical (unpaired) electrons. The van der Waals surface area contributed by atoms with Gasteiger partial charge in [0.05, 0.1) is 45.7 Å². The molecule has 7 rings (SSSR count). The lowest BCUT2D eigenvalue weighted by Crippen LogP contribution is -2.72. The molecule has 99 heavy (non-hydrogen) atoms. The van der Waals surface area contributed by atoms with Crippen LogP contribution in [0.25, 0.3) is 0 Å². The summed E-state index contributed by atoms with van der Waals surface area (Å²) in [7, 11) is 1.21. The summed E-state index contributed by atoms with van der Waals surface area (Å²) in [5, 5.41) is 158. The van der Waals surface area contributed by atoms with Gasteiger partial charge in [0.15, 0.2) is 37.7 Å². The zero-order chi connectivity index (χ0) is 72.5. The molecule has 36 nitrogen and oxygen atoms in total. The van der Waals surface area contributed by atoms with Crippen LogP contribution in [0, 0.1) is 0 Å². The number of ether oxygens (including phenoxy) is 13. The van der Waals surface area contributed by atoms with Gasteiger partial charge in [-0.3, -0.25) is 24.0 Å². The Morgan fingerprint density at radius 2 is 0.899 bits per heavy atom. The fraction of sp³-hybridized carbons (Fsp3) is 0.794. The zero-order valence-corrected chi connectivity index (χ0v) is 56.1. The predicted molar refractivity (Wildman–Crippen MR) is 333 cm³/mol. The Morgan fingerprint density at radius 1 is 0.465 bits per heavy atom. The number of benzene rings is 1. The average molecular weight is 1420 g/mol. The second-order valence-corrected chi connectivity index (χ2v) is 25.3. The first kappa shape index (κ1) is 81.4. The number of unbranched alkanes of at least 4 members (excludes halogenated alkanes) is 5. The molecule has 6 saturated heterocycles. The number of rotatable bonds is 32. The van der Waals surface area contributed by atoms with E-state index in [0.717, 1.165) is 53.4 Å². The summed E-state index contributed by atoms with van der Waals surface area (Å²) in [6.07, 6.45) is -32.0. The minimum Gasteiger partial charge on any atom is -0.494 e. The van der Waals surface area contributed by atoms with Gasteiger partial charge in [0, 0.05) is 40.4 Å². The molecule has 18 N–H and O–H groups in total. The monoisotopic (exact) mass is 1420 g/mol. The van der Waals surface area contributed by atoms with Gasteiger partial charge in [-0.15, -0.1) is 0 Å². The minimum atomic E-state index is -2.07. The van der Waals surface area contributed by atoms with Gasteiger partial charge in [-0.25, -0.2) is 0 Å². The predicted octanol–water partition coefficient (Wildman–Crippen LogP) is -6.72. The number of amides is 5. The Bertz CT molecular complexity index is 2730. The van der Waals surface area contributed by atoms with Gasteiger partial charge in [-0.05, 0) is 50.8 Å². The highest BCUT2D eigenvalue weighted by molar-refractivity contribution is 5.94. The largest absolute Gasteiger partial charge is 0.494 e. The van der Waals surface area contributed by atoms with Crippen molar-refractivity contribution in [2.75, 3.05) is 46.8 Å². The molecule has 0 bridgehead atoms. The first-order valence-electron chi connectivity index (χ1n) is 33.2. The molecule has 6 aliphatic heterocycles. The maximum absolute atomic E-state index is 14.0. The fourth-order valence-corrected chi connectivity index (χ4v) is 12.7. The van der Waals surface area contributed by atoms with E-state index in [4.69, 9.17) is 61.6 Å². The quantitative estimate of drug-likeness (QED) is 0.0235. The van der Waals surface area contributed by atoms with Crippen molar-refractivity contribution in [3.63, 3.8) is 0 Å². The number of hydrogen-bond acceptors (Lipinski definition) is 31. The molecule has 14 unspecified atom stereocenters. The van der Waals surface area contributed by atoms with Gasteiger partial charge >= 0.3 is 0 Å². The maximum Gasteiger partial charge on any atom is 0.251 e. The van der Waals surface area contributed by atoms with Crippen LogP contribution in [0.1, 0.15) is 96.8 Å². The first-order valence-corrected chi connectivity index (χ1v) is 33.2. The van der Waals surface area contributed by atoms with Crippen molar-refractivity contribution in [1.29, 1.82) is 0 Å². The van der Waals surface area contributed by atoms with E-state index in [0.29, 0.717) is 18.8 Å². The molecular formula is C63H101N5O31. The standard InChI is InChI=1S/C63H101N5O31/c1-8-9-10-11-12-13-14-15-16-20-88-33-19-17-18-32(21-33)57(85)68-40-46(79)45(78)34(22-69)92-59(40)96-52-35(23-70)93-60(41(48(52)81)65-29(4)74)97-53-36(24-71)94-61(42(49(53)82)66-30(5)75)98-54-37(25-72)95-62(43(50(54)83)67-31(6)76)99-55-38(91-58(86)39(47(55)80)64-28(3)73)26-89-63-56(87-7)51(84)44(77)27(2)90-63/h13-14,17-19,21,27,34-56,58-63,69-72,77-84,86H,8-12,15-16,20,22-26H2,1-7H3,(H,64,73)(H,65,74)(H,66,75)(H,67,76)(H,68,85)/b14-13-/t27?,34?,35-,36?,37-,38?,39-,40?,41?,42-,43?,44+,45+,46+,47+,48?,49+,50?,51?,52+,53?,54+,55?,56+,58?,59-,60-,61-,62?,63+/m0/s1. The van der Waals surface area contributed by atoms with Gasteiger partial charge in [-0.1, -0.05) is 44.4 Å². The SMILES string of the molecule is CCCCCC/C=C\CCCOc1cccc(C(=O)NC2[C@H](O[C@H]3C(O)C(NC(C)=O)[C@H](OC4C(CO)O[C@@H](O[C@H]5C(O)C(NC(C)=O)C(OC6C(CO[C@@H]7OC(C)[C@@H](O)C(O)[C@H]7OC)OC(O)[C@@H](NC(C)=O)[C@H]6O)O[C@H]5CO)[C@@H](NC(C)=O)[C@H]4O)O[C@H]3CO)OC(CO)[C@@H](O)[C@@H]2O)c1. The third kappa shape index (κ3) is 20.9. The Labute approximate surface area is 571 Å². The third-order valence-electron chi connectivity index (χ3n) is 17.8. The maximum atomic E-state index is 14.0. The summed E-state index contributed by atoms with van der Waals surface area (Å²) >= 11 is 0. The topological polar surface area (TPSA) is 528 Å². The van der Waals surface area contributed by atoms with Gasteiger partial charge in [0.1, 0.15) is 146 Å². The van der Waals surface area contributed by atoms with Gasteiger partial charge in [0.2, 0.25) is 23.6 Å². The van der Waals surface area contributed by atoms with Gasteiger partial charge in [-0.2, -0.15) is 0 Å². The highest BCUT2D eigenvalue weighted by Gasteiger charge is 2.58. The lowest BCUT2D eigenvalue weighted by Gasteiger charge is -2.51.